The lowest BCUT2D eigenvalue weighted by Gasteiger charge is -2.20. The number of hydrogen-bond donors (Lipinski definition) is 1. The van der Waals surface area contributed by atoms with Crippen molar-refractivity contribution in [1.29, 1.82) is 0 Å². The molecule has 1 nitrogen and oxygen atoms in total. The number of hydrogen-bond acceptors (Lipinski definition) is 2. The number of aliphatic hydroxyl groups is 1. The van der Waals surface area contributed by atoms with E-state index in [1.807, 2.05) is 24.3 Å². The van der Waals surface area contributed by atoms with Crippen LogP contribution >= 0.6 is 27.7 Å². The molecule has 0 heterocycles. The first-order valence-corrected chi connectivity index (χ1v) is 8.81. The summed E-state index contributed by atoms with van der Waals surface area (Å²) in [4.78, 5) is 1.16. The second-order valence-electron chi connectivity index (χ2n) is 6.16. The first kappa shape index (κ1) is 16.6. The molecule has 0 aliphatic carbocycles. The van der Waals surface area contributed by atoms with Gasteiger partial charge in [-0.2, -0.15) is 0 Å². The number of benzene rings is 2. The Balaban J connectivity index is 1.99. The highest BCUT2D eigenvalue weighted by atomic mass is 79.9. The maximum Gasteiger partial charge on any atom is 0.0883 e. The molecule has 0 saturated heterocycles. The zero-order valence-corrected chi connectivity index (χ0v) is 15.0. The van der Waals surface area contributed by atoms with E-state index < -0.39 is 6.10 Å². The third-order valence-corrected chi connectivity index (χ3v) is 4.93. The van der Waals surface area contributed by atoms with Crippen LogP contribution in [0.2, 0.25) is 0 Å². The lowest BCUT2D eigenvalue weighted by atomic mass is 9.86. The number of halogens is 1. The molecule has 0 aromatic heterocycles. The van der Waals surface area contributed by atoms with E-state index in [0.717, 1.165) is 14.9 Å². The summed E-state index contributed by atoms with van der Waals surface area (Å²) in [7, 11) is 0. The molecule has 1 N–H and O–H groups in total. The fourth-order valence-electron chi connectivity index (χ4n) is 2.03. The van der Waals surface area contributed by atoms with E-state index >= 15 is 0 Å². The first-order valence-electron chi connectivity index (χ1n) is 7.03. The average molecular weight is 365 g/mol. The van der Waals surface area contributed by atoms with E-state index in [4.69, 9.17) is 0 Å². The quantitative estimate of drug-likeness (QED) is 0.715. The van der Waals surface area contributed by atoms with Crippen LogP contribution in [-0.2, 0) is 5.41 Å². The third kappa shape index (κ3) is 4.87. The zero-order valence-electron chi connectivity index (χ0n) is 12.6. The SMILES string of the molecule is CC(C)(C)c1ccc(C(O)CSc2cccc(Br)c2)cc1. The summed E-state index contributed by atoms with van der Waals surface area (Å²) in [6, 6.07) is 16.4. The molecule has 0 spiro atoms. The predicted molar refractivity (Wildman–Crippen MR) is 95.0 cm³/mol. The molecule has 0 amide bonds. The Morgan fingerprint density at radius 3 is 2.33 bits per heavy atom. The van der Waals surface area contributed by atoms with Crippen molar-refractivity contribution >= 4 is 27.7 Å². The van der Waals surface area contributed by atoms with Gasteiger partial charge < -0.3 is 5.11 Å². The summed E-state index contributed by atoms with van der Waals surface area (Å²) in [6.45, 7) is 6.59. The van der Waals surface area contributed by atoms with Crippen LogP contribution in [0.3, 0.4) is 0 Å². The van der Waals surface area contributed by atoms with E-state index in [9.17, 15) is 5.11 Å². The zero-order chi connectivity index (χ0) is 15.5. The minimum Gasteiger partial charge on any atom is -0.388 e. The van der Waals surface area contributed by atoms with Gasteiger partial charge in [0, 0.05) is 15.1 Å². The van der Waals surface area contributed by atoms with Crippen molar-refractivity contribution in [1.82, 2.24) is 0 Å². The first-order chi connectivity index (χ1) is 9.86. The van der Waals surface area contributed by atoms with Gasteiger partial charge in [-0.1, -0.05) is 67.0 Å². The average Bonchev–Trinajstić information content (AvgIpc) is 2.44. The Morgan fingerprint density at radius 1 is 1.10 bits per heavy atom. The van der Waals surface area contributed by atoms with Crippen LogP contribution in [0.5, 0.6) is 0 Å². The standard InChI is InChI=1S/C18H21BrOS/c1-18(2,3)14-9-7-13(8-10-14)17(20)12-21-16-6-4-5-15(19)11-16/h4-11,17,20H,12H2,1-3H3. The van der Waals surface area contributed by atoms with Crippen molar-refractivity contribution in [3.8, 4) is 0 Å². The van der Waals surface area contributed by atoms with Crippen LogP contribution in [0.15, 0.2) is 57.9 Å². The van der Waals surface area contributed by atoms with Gasteiger partial charge in [0.25, 0.3) is 0 Å². The molecule has 3 heteroatoms. The van der Waals surface area contributed by atoms with E-state index in [1.165, 1.54) is 5.56 Å². The van der Waals surface area contributed by atoms with Crippen LogP contribution in [0.1, 0.15) is 38.0 Å². The smallest absolute Gasteiger partial charge is 0.0883 e. The number of rotatable bonds is 4. The Morgan fingerprint density at radius 2 is 1.76 bits per heavy atom. The highest BCUT2D eigenvalue weighted by Gasteiger charge is 2.14. The predicted octanol–water partition coefficient (Wildman–Crippen LogP) is 5.57. The van der Waals surface area contributed by atoms with Crippen molar-refractivity contribution in [2.45, 2.75) is 37.2 Å². The van der Waals surface area contributed by atoms with Gasteiger partial charge in [-0.3, -0.25) is 0 Å². The van der Waals surface area contributed by atoms with Gasteiger partial charge in [-0.25, -0.2) is 0 Å². The number of aliphatic hydroxyl groups excluding tert-OH is 1. The normalized spacial score (nSPS) is 13.2. The molecule has 0 radical (unpaired) electrons. The van der Waals surface area contributed by atoms with Crippen molar-refractivity contribution in [2.24, 2.45) is 0 Å². The maximum atomic E-state index is 10.3. The Bertz CT molecular complexity index is 587. The summed E-state index contributed by atoms with van der Waals surface area (Å²) >= 11 is 5.13. The lowest BCUT2D eigenvalue weighted by molar-refractivity contribution is 0.204. The minimum absolute atomic E-state index is 0.147. The Kier molecular flexibility index (Phi) is 5.53. The third-order valence-electron chi connectivity index (χ3n) is 3.37. The summed E-state index contributed by atoms with van der Waals surface area (Å²) < 4.78 is 1.07. The van der Waals surface area contributed by atoms with Crippen molar-refractivity contribution in [2.75, 3.05) is 5.75 Å². The molecule has 2 aromatic carbocycles. The topological polar surface area (TPSA) is 20.2 Å². The molecule has 0 bridgehead atoms. The molecule has 21 heavy (non-hydrogen) atoms. The van der Waals surface area contributed by atoms with Gasteiger partial charge in [0.2, 0.25) is 0 Å². The molecule has 0 aliphatic heterocycles. The van der Waals surface area contributed by atoms with Crippen LogP contribution in [0, 0.1) is 0 Å². The second-order valence-corrected chi connectivity index (χ2v) is 8.17. The van der Waals surface area contributed by atoms with Gasteiger partial charge in [0.05, 0.1) is 6.10 Å². The van der Waals surface area contributed by atoms with Crippen LogP contribution < -0.4 is 0 Å². The molecule has 1 atom stereocenters. The van der Waals surface area contributed by atoms with E-state index in [-0.39, 0.29) is 5.41 Å². The van der Waals surface area contributed by atoms with Crippen molar-refractivity contribution in [3.05, 3.63) is 64.1 Å². The Labute approximate surface area is 139 Å². The van der Waals surface area contributed by atoms with Gasteiger partial charge in [-0.15, -0.1) is 11.8 Å². The summed E-state index contributed by atoms with van der Waals surface area (Å²) in [6.07, 6.45) is -0.442. The molecule has 2 rings (SSSR count). The summed E-state index contributed by atoms with van der Waals surface area (Å²) in [5.41, 5.74) is 2.41. The fraction of sp³-hybridized carbons (Fsp3) is 0.333. The second kappa shape index (κ2) is 6.99. The van der Waals surface area contributed by atoms with Crippen LogP contribution in [-0.4, -0.2) is 10.9 Å². The van der Waals surface area contributed by atoms with E-state index in [0.29, 0.717) is 5.75 Å². The molecule has 112 valence electrons. The molecule has 0 saturated carbocycles. The monoisotopic (exact) mass is 364 g/mol. The van der Waals surface area contributed by atoms with E-state index in [1.54, 1.807) is 11.8 Å². The van der Waals surface area contributed by atoms with Crippen molar-refractivity contribution in [3.63, 3.8) is 0 Å². The molecule has 0 aliphatic rings. The fourth-order valence-corrected chi connectivity index (χ4v) is 3.51. The number of thioether (sulfide) groups is 1. The van der Waals surface area contributed by atoms with E-state index in [2.05, 4.69) is 61.0 Å². The highest BCUT2D eigenvalue weighted by molar-refractivity contribution is 9.10. The molecular formula is C18H21BrOS. The minimum atomic E-state index is -0.442. The maximum absolute atomic E-state index is 10.3. The van der Waals surface area contributed by atoms with Crippen LogP contribution in [0.25, 0.3) is 0 Å². The largest absolute Gasteiger partial charge is 0.388 e. The van der Waals surface area contributed by atoms with Gasteiger partial charge >= 0.3 is 0 Å². The van der Waals surface area contributed by atoms with Gasteiger partial charge in [0.15, 0.2) is 0 Å². The van der Waals surface area contributed by atoms with Gasteiger partial charge in [-0.05, 0) is 34.7 Å². The molecular weight excluding hydrogens is 344 g/mol. The molecule has 2 aromatic rings. The molecule has 0 fully saturated rings. The van der Waals surface area contributed by atoms with Crippen molar-refractivity contribution < 1.29 is 5.11 Å². The van der Waals surface area contributed by atoms with Gasteiger partial charge in [0.1, 0.15) is 0 Å². The Hall–Kier alpha value is -0.770. The lowest BCUT2D eigenvalue weighted by Crippen LogP contribution is -2.11. The molecule has 1 unspecified atom stereocenters. The van der Waals surface area contributed by atoms with Crippen LogP contribution in [0.4, 0.5) is 0 Å². The summed E-state index contributed by atoms with van der Waals surface area (Å²) in [5, 5.41) is 10.3. The summed E-state index contributed by atoms with van der Waals surface area (Å²) in [5.74, 6) is 0.658. The highest BCUT2D eigenvalue weighted by Crippen LogP contribution is 2.28.